The van der Waals surface area contributed by atoms with E-state index < -0.39 is 6.61 Å². The molecule has 7 heteroatoms. The zero-order chi connectivity index (χ0) is 31.6. The van der Waals surface area contributed by atoms with E-state index in [0.717, 1.165) is 64.6 Å². The summed E-state index contributed by atoms with van der Waals surface area (Å²) < 4.78 is 38.4. The van der Waals surface area contributed by atoms with Crippen LogP contribution in [0.15, 0.2) is 103 Å². The van der Waals surface area contributed by atoms with Crippen LogP contribution in [0.3, 0.4) is 0 Å². The van der Waals surface area contributed by atoms with Crippen molar-refractivity contribution in [2.45, 2.75) is 66.4 Å². The molecule has 4 aromatic carbocycles. The fraction of sp³-hybridized carbons (Fsp3) is 0.289. The quantitative estimate of drug-likeness (QED) is 0.119. The summed E-state index contributed by atoms with van der Waals surface area (Å²) in [5.41, 5.74) is 7.59. The van der Waals surface area contributed by atoms with Crippen LogP contribution in [-0.2, 0) is 26.2 Å². The highest BCUT2D eigenvalue weighted by molar-refractivity contribution is 5.69. The Hall–Kier alpha value is -4.49. The molecule has 5 aromatic rings. The number of unbranched alkanes of at least 4 members (excludes halogenated alkanes) is 1. The zero-order valence-electron chi connectivity index (χ0n) is 26.3. The first-order chi connectivity index (χ1) is 21.9. The Labute approximate surface area is 265 Å². The van der Waals surface area contributed by atoms with E-state index in [4.69, 9.17) is 9.72 Å². The fourth-order valence-electron chi connectivity index (χ4n) is 5.61. The number of aryl methyl sites for hydroxylation is 1. The van der Waals surface area contributed by atoms with Crippen molar-refractivity contribution >= 4 is 0 Å². The molecule has 0 spiro atoms. The Morgan fingerprint density at radius 3 is 2.20 bits per heavy atom. The van der Waals surface area contributed by atoms with Gasteiger partial charge in [-0.15, -0.1) is 0 Å². The molecular weight excluding hydrogens is 568 g/mol. The van der Waals surface area contributed by atoms with Crippen LogP contribution in [0.2, 0.25) is 0 Å². The molecule has 0 saturated heterocycles. The summed E-state index contributed by atoms with van der Waals surface area (Å²) in [4.78, 5) is 7.69. The summed E-state index contributed by atoms with van der Waals surface area (Å²) >= 11 is 0. The summed E-state index contributed by atoms with van der Waals surface area (Å²) in [6.45, 7) is 6.77. The maximum absolute atomic E-state index is 12.8. The standard InChI is InChI=1S/C38H41F2N3O2/c1-4-6-22-43-35(36(32-16-10-12-28(3)23-32)41-37(43)31-14-8-7-9-15-31)27-42(26-30-13-11-17-34(24-30)44-5-2)25-29-18-20-33(21-19-29)45-38(39)40/h7-21,23-24,38H,4-6,22,25-27H2,1-3H3. The number of rotatable bonds is 15. The average Bonchev–Trinajstić information content (AvgIpc) is 3.39. The second-order valence-corrected chi connectivity index (χ2v) is 11.2. The van der Waals surface area contributed by atoms with E-state index in [1.54, 1.807) is 12.1 Å². The molecule has 0 saturated carbocycles. The number of aromatic nitrogens is 2. The lowest BCUT2D eigenvalue weighted by Crippen LogP contribution is -2.24. The third-order valence-electron chi connectivity index (χ3n) is 7.68. The van der Waals surface area contributed by atoms with Gasteiger partial charge in [-0.2, -0.15) is 8.78 Å². The maximum atomic E-state index is 12.8. The van der Waals surface area contributed by atoms with Gasteiger partial charge in [0.05, 0.1) is 18.0 Å². The van der Waals surface area contributed by atoms with Crippen molar-refractivity contribution in [2.75, 3.05) is 6.61 Å². The topological polar surface area (TPSA) is 39.5 Å². The summed E-state index contributed by atoms with van der Waals surface area (Å²) in [5, 5.41) is 0. The molecule has 0 unspecified atom stereocenters. The highest BCUT2D eigenvalue weighted by Gasteiger charge is 2.22. The Morgan fingerprint density at radius 2 is 1.49 bits per heavy atom. The van der Waals surface area contributed by atoms with E-state index >= 15 is 0 Å². The minimum absolute atomic E-state index is 0.150. The summed E-state index contributed by atoms with van der Waals surface area (Å²) in [5.74, 6) is 1.95. The number of hydrogen-bond donors (Lipinski definition) is 0. The van der Waals surface area contributed by atoms with E-state index in [1.807, 2.05) is 37.3 Å². The first kappa shape index (κ1) is 31.9. The molecule has 0 bridgehead atoms. The molecular formula is C38H41F2N3O2. The molecule has 1 heterocycles. The van der Waals surface area contributed by atoms with Gasteiger partial charge in [0.2, 0.25) is 0 Å². The molecule has 0 atom stereocenters. The smallest absolute Gasteiger partial charge is 0.387 e. The van der Waals surface area contributed by atoms with Crippen molar-refractivity contribution in [3.8, 4) is 34.1 Å². The summed E-state index contributed by atoms with van der Waals surface area (Å²) in [6, 6.07) is 34.0. The molecule has 5 rings (SSSR count). The van der Waals surface area contributed by atoms with Crippen molar-refractivity contribution in [2.24, 2.45) is 0 Å². The molecule has 45 heavy (non-hydrogen) atoms. The lowest BCUT2D eigenvalue weighted by molar-refractivity contribution is -0.0498. The number of ether oxygens (including phenoxy) is 2. The second-order valence-electron chi connectivity index (χ2n) is 11.2. The van der Waals surface area contributed by atoms with Crippen LogP contribution >= 0.6 is 0 Å². The molecule has 0 radical (unpaired) electrons. The summed E-state index contributed by atoms with van der Waals surface area (Å²) in [6.07, 6.45) is 2.09. The molecule has 234 valence electrons. The second kappa shape index (κ2) is 15.5. The third kappa shape index (κ3) is 8.58. The molecule has 0 N–H and O–H groups in total. The van der Waals surface area contributed by atoms with Crippen LogP contribution in [0.1, 0.15) is 49.1 Å². The third-order valence-corrected chi connectivity index (χ3v) is 7.68. The Kier molecular flexibility index (Phi) is 11.0. The van der Waals surface area contributed by atoms with Crippen molar-refractivity contribution in [1.82, 2.24) is 14.5 Å². The van der Waals surface area contributed by atoms with Gasteiger partial charge in [-0.3, -0.25) is 4.90 Å². The lowest BCUT2D eigenvalue weighted by atomic mass is 10.1. The van der Waals surface area contributed by atoms with Gasteiger partial charge in [0.25, 0.3) is 0 Å². The SMILES string of the molecule is CCCCn1c(-c2ccccc2)nc(-c2cccc(C)c2)c1CN(Cc1ccc(OC(F)F)cc1)Cc1cccc(OCC)c1. The normalized spacial score (nSPS) is 11.4. The Bertz CT molecular complexity index is 1650. The molecule has 0 fully saturated rings. The molecule has 1 aromatic heterocycles. The minimum Gasteiger partial charge on any atom is -0.494 e. The molecule has 0 aliphatic rings. The van der Waals surface area contributed by atoms with Crippen LogP contribution in [0.5, 0.6) is 11.5 Å². The van der Waals surface area contributed by atoms with Gasteiger partial charge in [0, 0.05) is 37.3 Å². The van der Waals surface area contributed by atoms with Gasteiger partial charge >= 0.3 is 6.61 Å². The van der Waals surface area contributed by atoms with E-state index in [0.29, 0.717) is 26.2 Å². The first-order valence-corrected chi connectivity index (χ1v) is 15.6. The van der Waals surface area contributed by atoms with Crippen LogP contribution in [0, 0.1) is 6.92 Å². The number of hydrogen-bond acceptors (Lipinski definition) is 4. The van der Waals surface area contributed by atoms with E-state index in [1.165, 1.54) is 5.56 Å². The minimum atomic E-state index is -2.85. The van der Waals surface area contributed by atoms with Crippen LogP contribution in [-0.4, -0.2) is 27.7 Å². The van der Waals surface area contributed by atoms with E-state index in [-0.39, 0.29) is 5.75 Å². The maximum Gasteiger partial charge on any atom is 0.387 e. The van der Waals surface area contributed by atoms with Crippen molar-refractivity contribution in [3.05, 3.63) is 126 Å². The van der Waals surface area contributed by atoms with Crippen molar-refractivity contribution < 1.29 is 18.3 Å². The molecule has 0 amide bonds. The molecule has 0 aliphatic heterocycles. The predicted octanol–water partition coefficient (Wildman–Crippen LogP) is 9.53. The van der Waals surface area contributed by atoms with Crippen LogP contribution in [0.25, 0.3) is 22.6 Å². The molecule has 5 nitrogen and oxygen atoms in total. The number of imidazole rings is 1. The highest BCUT2D eigenvalue weighted by Crippen LogP contribution is 2.32. The predicted molar refractivity (Wildman–Crippen MR) is 176 cm³/mol. The Balaban J connectivity index is 1.59. The Morgan fingerprint density at radius 1 is 0.756 bits per heavy atom. The number of halogens is 2. The van der Waals surface area contributed by atoms with Crippen LogP contribution < -0.4 is 9.47 Å². The van der Waals surface area contributed by atoms with Gasteiger partial charge < -0.3 is 14.0 Å². The van der Waals surface area contributed by atoms with Gasteiger partial charge in [-0.1, -0.05) is 91.7 Å². The largest absolute Gasteiger partial charge is 0.494 e. The number of nitrogens with zero attached hydrogens (tertiary/aromatic N) is 3. The summed E-state index contributed by atoms with van der Waals surface area (Å²) in [7, 11) is 0. The monoisotopic (exact) mass is 609 g/mol. The average molecular weight is 610 g/mol. The van der Waals surface area contributed by atoms with Crippen molar-refractivity contribution in [3.63, 3.8) is 0 Å². The van der Waals surface area contributed by atoms with Crippen molar-refractivity contribution in [1.29, 1.82) is 0 Å². The van der Waals surface area contributed by atoms with Gasteiger partial charge in [-0.25, -0.2) is 4.98 Å². The van der Waals surface area contributed by atoms with Gasteiger partial charge in [0.15, 0.2) is 0 Å². The number of benzene rings is 4. The van der Waals surface area contributed by atoms with E-state index in [9.17, 15) is 8.78 Å². The first-order valence-electron chi connectivity index (χ1n) is 15.6. The lowest BCUT2D eigenvalue weighted by Gasteiger charge is -2.25. The number of alkyl halides is 2. The fourth-order valence-corrected chi connectivity index (χ4v) is 5.61. The van der Waals surface area contributed by atoms with Crippen LogP contribution in [0.4, 0.5) is 8.78 Å². The zero-order valence-corrected chi connectivity index (χ0v) is 26.3. The van der Waals surface area contributed by atoms with Gasteiger partial charge in [0.1, 0.15) is 17.3 Å². The van der Waals surface area contributed by atoms with Gasteiger partial charge in [-0.05, 0) is 61.7 Å². The molecule has 0 aliphatic carbocycles. The highest BCUT2D eigenvalue weighted by atomic mass is 19.3. The van der Waals surface area contributed by atoms with E-state index in [2.05, 4.69) is 88.7 Å².